The first kappa shape index (κ1) is 16.3. The Hall–Kier alpha value is -1.07. The largest absolute Gasteiger partial charge is 0.278 e. The average Bonchev–Trinajstić information content (AvgIpc) is 2.40. The van der Waals surface area contributed by atoms with E-state index < -0.39 is 10.0 Å². The van der Waals surface area contributed by atoms with Crippen molar-refractivity contribution in [2.45, 2.75) is 4.90 Å². The van der Waals surface area contributed by atoms with Gasteiger partial charge in [0.1, 0.15) is 4.90 Å². The molecule has 1 N–H and O–H groups in total. The first-order valence-corrected chi connectivity index (χ1v) is 8.96. The number of nitriles is 1. The molecule has 0 bridgehead atoms. The van der Waals surface area contributed by atoms with E-state index in [1.165, 1.54) is 24.3 Å². The van der Waals surface area contributed by atoms with Crippen LogP contribution < -0.4 is 4.72 Å². The first-order valence-electron chi connectivity index (χ1n) is 5.51. The van der Waals surface area contributed by atoms with Crippen LogP contribution in [0.15, 0.2) is 50.2 Å². The Balaban J connectivity index is 2.40. The summed E-state index contributed by atoms with van der Waals surface area (Å²) < 4.78 is 28.3. The third kappa shape index (κ3) is 3.77. The third-order valence-electron chi connectivity index (χ3n) is 2.53. The number of hydrogen-bond donors (Lipinski definition) is 1. The molecule has 0 atom stereocenters. The summed E-state index contributed by atoms with van der Waals surface area (Å²) in [5.74, 6) is 0. The molecule has 8 heteroatoms. The smallest absolute Gasteiger partial charge is 0.263 e. The van der Waals surface area contributed by atoms with Crippen molar-refractivity contribution in [3.63, 3.8) is 0 Å². The highest BCUT2D eigenvalue weighted by Gasteiger charge is 2.19. The Bertz CT molecular complexity index is 848. The molecule has 0 heterocycles. The molecule has 0 unspecified atom stereocenters. The maximum absolute atomic E-state index is 12.4. The summed E-state index contributed by atoms with van der Waals surface area (Å²) in [4.78, 5) is 0.0890. The fourth-order valence-electron chi connectivity index (χ4n) is 1.56. The van der Waals surface area contributed by atoms with Gasteiger partial charge in [-0.3, -0.25) is 4.72 Å². The number of anilines is 1. The number of halogens is 3. The van der Waals surface area contributed by atoms with Gasteiger partial charge in [0.25, 0.3) is 10.0 Å². The molecular formula is C13H7Br2ClN2O2S. The quantitative estimate of drug-likeness (QED) is 0.747. The zero-order chi connectivity index (χ0) is 15.6. The van der Waals surface area contributed by atoms with Gasteiger partial charge in [-0.05, 0) is 52.3 Å². The lowest BCUT2D eigenvalue weighted by atomic mass is 10.2. The van der Waals surface area contributed by atoms with Gasteiger partial charge >= 0.3 is 0 Å². The van der Waals surface area contributed by atoms with Crippen molar-refractivity contribution in [3.05, 3.63) is 55.9 Å². The molecule has 0 saturated heterocycles. The maximum atomic E-state index is 12.4. The Kier molecular flexibility index (Phi) is 4.94. The Labute approximate surface area is 144 Å². The van der Waals surface area contributed by atoms with E-state index in [0.717, 1.165) is 4.47 Å². The molecule has 21 heavy (non-hydrogen) atoms. The van der Waals surface area contributed by atoms with Gasteiger partial charge in [-0.25, -0.2) is 8.42 Å². The summed E-state index contributed by atoms with van der Waals surface area (Å²) in [6.45, 7) is 0. The Morgan fingerprint density at radius 2 is 1.86 bits per heavy atom. The van der Waals surface area contributed by atoms with E-state index in [2.05, 4.69) is 36.6 Å². The number of benzene rings is 2. The molecule has 0 fully saturated rings. The van der Waals surface area contributed by atoms with E-state index in [1.54, 1.807) is 12.1 Å². The van der Waals surface area contributed by atoms with E-state index in [1.807, 2.05) is 6.07 Å². The lowest BCUT2D eigenvalue weighted by molar-refractivity contribution is 0.600. The van der Waals surface area contributed by atoms with E-state index in [-0.39, 0.29) is 15.6 Å². The van der Waals surface area contributed by atoms with Gasteiger partial charge < -0.3 is 0 Å². The average molecular weight is 451 g/mol. The van der Waals surface area contributed by atoms with Gasteiger partial charge in [-0.1, -0.05) is 27.5 Å². The standard InChI is InChI=1S/C13H7Br2ClN2O2S/c14-9-2-4-13(10(15)6-9)21(19,20)18-12-3-1-8(7-17)5-11(12)16/h1-6,18H. The van der Waals surface area contributed by atoms with Crippen molar-refractivity contribution in [1.82, 2.24) is 0 Å². The molecule has 0 aliphatic carbocycles. The topological polar surface area (TPSA) is 70.0 Å². The zero-order valence-corrected chi connectivity index (χ0v) is 15.0. The van der Waals surface area contributed by atoms with Gasteiger partial charge in [-0.15, -0.1) is 0 Å². The lowest BCUT2D eigenvalue weighted by Crippen LogP contribution is -2.14. The normalized spacial score (nSPS) is 11.0. The highest BCUT2D eigenvalue weighted by Crippen LogP contribution is 2.30. The SMILES string of the molecule is N#Cc1ccc(NS(=O)(=O)c2ccc(Br)cc2Br)c(Cl)c1. The highest BCUT2D eigenvalue weighted by molar-refractivity contribution is 9.11. The number of hydrogen-bond acceptors (Lipinski definition) is 3. The minimum Gasteiger partial charge on any atom is -0.278 e. The minimum absolute atomic E-state index is 0.0890. The van der Waals surface area contributed by atoms with Crippen LogP contribution in [0.2, 0.25) is 5.02 Å². The van der Waals surface area contributed by atoms with E-state index in [0.29, 0.717) is 10.0 Å². The van der Waals surface area contributed by atoms with Crippen LogP contribution in [0.3, 0.4) is 0 Å². The molecule has 2 rings (SSSR count). The second-order valence-corrected chi connectivity index (χ2v) is 7.81. The van der Waals surface area contributed by atoms with Gasteiger partial charge in [0, 0.05) is 8.95 Å². The molecule has 108 valence electrons. The molecule has 0 aliphatic heterocycles. The lowest BCUT2D eigenvalue weighted by Gasteiger charge is -2.11. The van der Waals surface area contributed by atoms with Gasteiger partial charge in [0.15, 0.2) is 0 Å². The molecule has 0 saturated carbocycles. The minimum atomic E-state index is -3.79. The van der Waals surface area contributed by atoms with Crippen molar-refractivity contribution >= 4 is 59.2 Å². The number of sulfonamides is 1. The second-order valence-electron chi connectivity index (χ2n) is 3.99. The molecule has 0 amide bonds. The van der Waals surface area contributed by atoms with E-state index in [4.69, 9.17) is 16.9 Å². The Morgan fingerprint density at radius 1 is 1.14 bits per heavy atom. The first-order chi connectivity index (χ1) is 9.83. The van der Waals surface area contributed by atoms with Crippen LogP contribution >= 0.6 is 43.5 Å². The summed E-state index contributed by atoms with van der Waals surface area (Å²) in [6.07, 6.45) is 0. The van der Waals surface area contributed by atoms with Crippen molar-refractivity contribution in [2.75, 3.05) is 4.72 Å². The number of rotatable bonds is 3. The third-order valence-corrected chi connectivity index (χ3v) is 5.67. The van der Waals surface area contributed by atoms with Crippen LogP contribution in [0.1, 0.15) is 5.56 Å². The van der Waals surface area contributed by atoms with Crippen molar-refractivity contribution in [1.29, 1.82) is 5.26 Å². The summed E-state index contributed by atoms with van der Waals surface area (Å²) >= 11 is 12.4. The van der Waals surface area contributed by atoms with E-state index in [9.17, 15) is 8.42 Å². The van der Waals surface area contributed by atoms with Crippen LogP contribution in [-0.4, -0.2) is 8.42 Å². The molecule has 2 aromatic rings. The van der Waals surface area contributed by atoms with Crippen LogP contribution in [0.5, 0.6) is 0 Å². The predicted molar refractivity (Wildman–Crippen MR) is 88.8 cm³/mol. The molecule has 0 spiro atoms. The van der Waals surface area contributed by atoms with Crippen molar-refractivity contribution in [2.24, 2.45) is 0 Å². The highest BCUT2D eigenvalue weighted by atomic mass is 79.9. The fraction of sp³-hybridized carbons (Fsp3) is 0. The Morgan fingerprint density at radius 3 is 2.43 bits per heavy atom. The molecule has 4 nitrogen and oxygen atoms in total. The molecule has 2 aromatic carbocycles. The van der Waals surface area contributed by atoms with Crippen LogP contribution in [0, 0.1) is 11.3 Å². The van der Waals surface area contributed by atoms with Crippen molar-refractivity contribution < 1.29 is 8.42 Å². The van der Waals surface area contributed by atoms with Gasteiger partial charge in [0.2, 0.25) is 0 Å². The number of nitrogens with one attached hydrogen (secondary N) is 1. The maximum Gasteiger partial charge on any atom is 0.263 e. The molecule has 0 radical (unpaired) electrons. The molecule has 0 aromatic heterocycles. The summed E-state index contributed by atoms with van der Waals surface area (Å²) in [6, 6.07) is 11.0. The predicted octanol–water partition coefficient (Wildman–Crippen LogP) is 4.54. The van der Waals surface area contributed by atoms with Crippen LogP contribution in [-0.2, 0) is 10.0 Å². The fourth-order valence-corrected chi connectivity index (χ4v) is 4.67. The van der Waals surface area contributed by atoms with Crippen molar-refractivity contribution in [3.8, 4) is 6.07 Å². The van der Waals surface area contributed by atoms with Crippen LogP contribution in [0.4, 0.5) is 5.69 Å². The second kappa shape index (κ2) is 6.36. The van der Waals surface area contributed by atoms with Gasteiger partial charge in [0.05, 0.1) is 22.3 Å². The van der Waals surface area contributed by atoms with E-state index >= 15 is 0 Å². The molecular weight excluding hydrogens is 443 g/mol. The molecule has 0 aliphatic rings. The summed E-state index contributed by atoms with van der Waals surface area (Å²) in [5, 5.41) is 8.93. The summed E-state index contributed by atoms with van der Waals surface area (Å²) in [7, 11) is -3.79. The number of nitrogens with zero attached hydrogens (tertiary/aromatic N) is 1. The summed E-state index contributed by atoms with van der Waals surface area (Å²) in [5.41, 5.74) is 0.568. The monoisotopic (exact) mass is 448 g/mol. The van der Waals surface area contributed by atoms with Crippen LogP contribution in [0.25, 0.3) is 0 Å². The zero-order valence-electron chi connectivity index (χ0n) is 10.3. The van der Waals surface area contributed by atoms with Gasteiger partial charge in [-0.2, -0.15) is 5.26 Å².